The summed E-state index contributed by atoms with van der Waals surface area (Å²) in [5.74, 6) is -0.292. The van der Waals surface area contributed by atoms with Crippen LogP contribution in [0.3, 0.4) is 0 Å². The molecule has 2 aromatic rings. The molecule has 2 N–H and O–H groups in total. The average Bonchev–Trinajstić information content (AvgIpc) is 2.79. The number of aromatic hydroxyl groups is 1. The van der Waals surface area contributed by atoms with E-state index in [4.69, 9.17) is 0 Å². The maximum absolute atomic E-state index is 12.7. The third-order valence-electron chi connectivity index (χ3n) is 4.97. The summed E-state index contributed by atoms with van der Waals surface area (Å²) in [5, 5.41) is 21.4. The molecule has 0 saturated carbocycles. The van der Waals surface area contributed by atoms with Crippen molar-refractivity contribution in [3.8, 4) is 11.8 Å². The second-order valence-corrected chi connectivity index (χ2v) is 9.02. The Bertz CT molecular complexity index is 1070. The molecular formula is C22H24N4O4S. The highest BCUT2D eigenvalue weighted by atomic mass is 32.2. The van der Waals surface area contributed by atoms with E-state index in [0.717, 1.165) is 5.56 Å². The van der Waals surface area contributed by atoms with E-state index in [1.807, 2.05) is 6.07 Å². The molecule has 0 aliphatic carbocycles. The van der Waals surface area contributed by atoms with Crippen molar-refractivity contribution in [2.45, 2.75) is 11.3 Å². The van der Waals surface area contributed by atoms with Crippen LogP contribution in [0, 0.1) is 11.3 Å². The van der Waals surface area contributed by atoms with Crippen LogP contribution < -0.4 is 5.32 Å². The van der Waals surface area contributed by atoms with Crippen LogP contribution in [-0.2, 0) is 21.2 Å². The van der Waals surface area contributed by atoms with Gasteiger partial charge in [0.1, 0.15) is 17.4 Å². The molecule has 31 heavy (non-hydrogen) atoms. The molecule has 1 amide bonds. The molecule has 0 radical (unpaired) electrons. The predicted octanol–water partition coefficient (Wildman–Crippen LogP) is 1.46. The number of piperazine rings is 1. The first-order valence-corrected chi connectivity index (χ1v) is 11.3. The van der Waals surface area contributed by atoms with Crippen LogP contribution in [0.15, 0.2) is 71.3 Å². The number of hydrogen-bond donors (Lipinski definition) is 2. The van der Waals surface area contributed by atoms with Gasteiger partial charge >= 0.3 is 0 Å². The summed E-state index contributed by atoms with van der Waals surface area (Å²) in [6, 6.07) is 16.9. The first kappa shape index (κ1) is 22.3. The van der Waals surface area contributed by atoms with Gasteiger partial charge in [0.25, 0.3) is 5.91 Å². The van der Waals surface area contributed by atoms with Crippen LogP contribution in [-0.4, -0.2) is 61.4 Å². The van der Waals surface area contributed by atoms with E-state index < -0.39 is 15.9 Å². The van der Waals surface area contributed by atoms with Gasteiger partial charge in [0, 0.05) is 38.9 Å². The highest BCUT2D eigenvalue weighted by Gasteiger charge is 2.27. The highest BCUT2D eigenvalue weighted by Crippen LogP contribution is 2.17. The third kappa shape index (κ3) is 5.84. The molecule has 8 nitrogen and oxygen atoms in total. The summed E-state index contributed by atoms with van der Waals surface area (Å²) >= 11 is 0. The Hall–Kier alpha value is -3.35. The summed E-state index contributed by atoms with van der Waals surface area (Å²) in [4.78, 5) is 14.4. The van der Waals surface area contributed by atoms with Crippen LogP contribution in [0.1, 0.15) is 5.56 Å². The number of amides is 1. The second kappa shape index (κ2) is 10.1. The van der Waals surface area contributed by atoms with Gasteiger partial charge in [-0.2, -0.15) is 9.57 Å². The van der Waals surface area contributed by atoms with Gasteiger partial charge in [-0.25, -0.2) is 8.42 Å². The second-order valence-electron chi connectivity index (χ2n) is 7.08. The van der Waals surface area contributed by atoms with Gasteiger partial charge in [0.2, 0.25) is 10.0 Å². The Kier molecular flexibility index (Phi) is 7.28. The van der Waals surface area contributed by atoms with Gasteiger partial charge in [-0.05, 0) is 36.2 Å². The zero-order valence-corrected chi connectivity index (χ0v) is 17.8. The Morgan fingerprint density at radius 2 is 1.71 bits per heavy atom. The Balaban J connectivity index is 1.53. The maximum atomic E-state index is 12.7. The van der Waals surface area contributed by atoms with Gasteiger partial charge in [-0.3, -0.25) is 4.79 Å². The monoisotopic (exact) mass is 440 g/mol. The predicted molar refractivity (Wildman–Crippen MR) is 115 cm³/mol. The number of nitrogens with one attached hydrogen (secondary N) is 1. The number of carbonyl (C=O) groups is 1. The first-order chi connectivity index (χ1) is 14.9. The van der Waals surface area contributed by atoms with Crippen molar-refractivity contribution >= 4 is 15.9 Å². The van der Waals surface area contributed by atoms with E-state index in [1.54, 1.807) is 59.5 Å². The minimum atomic E-state index is -3.55. The van der Waals surface area contributed by atoms with Crippen molar-refractivity contribution in [3.63, 3.8) is 0 Å². The number of phenols is 1. The largest absolute Gasteiger partial charge is 0.508 e. The van der Waals surface area contributed by atoms with Crippen molar-refractivity contribution in [2.24, 2.45) is 0 Å². The van der Waals surface area contributed by atoms with Crippen LogP contribution in [0.5, 0.6) is 5.75 Å². The van der Waals surface area contributed by atoms with Gasteiger partial charge in [0.15, 0.2) is 0 Å². The lowest BCUT2D eigenvalue weighted by atomic mass is 10.1. The fourth-order valence-electron chi connectivity index (χ4n) is 3.21. The van der Waals surface area contributed by atoms with Crippen molar-refractivity contribution in [3.05, 3.63) is 71.9 Å². The minimum absolute atomic E-state index is 0.0231. The minimum Gasteiger partial charge on any atom is -0.508 e. The Morgan fingerprint density at radius 3 is 2.32 bits per heavy atom. The molecule has 1 fully saturated rings. The van der Waals surface area contributed by atoms with Crippen molar-refractivity contribution in [1.82, 2.24) is 14.5 Å². The number of sulfonamides is 1. The molecule has 0 unspecified atom stereocenters. The molecule has 1 aliphatic heterocycles. The Morgan fingerprint density at radius 1 is 1.06 bits per heavy atom. The van der Waals surface area contributed by atoms with Crippen molar-refractivity contribution < 1.29 is 18.3 Å². The van der Waals surface area contributed by atoms with Crippen LogP contribution in [0.25, 0.3) is 0 Å². The standard InChI is InChI=1S/C22H24N4O4S/c23-16-19(22(28)24-11-10-18-6-8-20(27)9-7-18)17-25-12-14-26(15-13-25)31(29,30)21-4-2-1-3-5-21/h1-9,17,27H,10-15H2,(H,24,28)/b19-17-. The van der Waals surface area contributed by atoms with E-state index in [-0.39, 0.29) is 29.3 Å². The van der Waals surface area contributed by atoms with E-state index in [9.17, 15) is 23.6 Å². The number of nitriles is 1. The SMILES string of the molecule is N#C/C(=C/N1CCN(S(=O)(=O)c2ccccc2)CC1)C(=O)NCCc1ccc(O)cc1. The molecular weight excluding hydrogens is 416 g/mol. The summed E-state index contributed by atoms with van der Waals surface area (Å²) in [5.41, 5.74) is 0.932. The quantitative estimate of drug-likeness (QED) is 0.498. The van der Waals surface area contributed by atoms with Crippen molar-refractivity contribution in [1.29, 1.82) is 5.26 Å². The molecule has 9 heteroatoms. The van der Waals surface area contributed by atoms with Crippen LogP contribution in [0.4, 0.5) is 0 Å². The van der Waals surface area contributed by atoms with E-state index in [2.05, 4.69) is 5.32 Å². The average molecular weight is 441 g/mol. The van der Waals surface area contributed by atoms with Gasteiger partial charge in [-0.1, -0.05) is 30.3 Å². The Labute approximate surface area is 182 Å². The van der Waals surface area contributed by atoms with Gasteiger partial charge in [0.05, 0.1) is 4.90 Å². The van der Waals surface area contributed by atoms with Crippen LogP contribution >= 0.6 is 0 Å². The fraction of sp³-hybridized carbons (Fsp3) is 0.273. The smallest absolute Gasteiger partial charge is 0.263 e. The number of phenolic OH excluding ortho intramolecular Hbond substituents is 1. The van der Waals surface area contributed by atoms with E-state index in [1.165, 1.54) is 10.5 Å². The zero-order valence-electron chi connectivity index (χ0n) is 16.9. The van der Waals surface area contributed by atoms with Crippen LogP contribution in [0.2, 0.25) is 0 Å². The fourth-order valence-corrected chi connectivity index (χ4v) is 4.66. The lowest BCUT2D eigenvalue weighted by molar-refractivity contribution is -0.117. The molecule has 1 saturated heterocycles. The van der Waals surface area contributed by atoms with E-state index in [0.29, 0.717) is 26.1 Å². The molecule has 0 aromatic heterocycles. The van der Waals surface area contributed by atoms with Gasteiger partial charge in [-0.15, -0.1) is 0 Å². The normalized spacial score (nSPS) is 15.3. The third-order valence-corrected chi connectivity index (χ3v) is 6.88. The summed E-state index contributed by atoms with van der Waals surface area (Å²) in [6.45, 7) is 1.67. The maximum Gasteiger partial charge on any atom is 0.263 e. The number of rotatable bonds is 7. The lowest BCUT2D eigenvalue weighted by Gasteiger charge is -2.33. The number of hydrogen-bond acceptors (Lipinski definition) is 6. The molecule has 162 valence electrons. The van der Waals surface area contributed by atoms with E-state index >= 15 is 0 Å². The number of nitrogens with zero attached hydrogens (tertiary/aromatic N) is 3. The van der Waals surface area contributed by atoms with Gasteiger partial charge < -0.3 is 15.3 Å². The molecule has 0 spiro atoms. The summed E-state index contributed by atoms with van der Waals surface area (Å²) in [7, 11) is -3.55. The summed E-state index contributed by atoms with van der Waals surface area (Å²) < 4.78 is 26.8. The number of carbonyl (C=O) groups excluding carboxylic acids is 1. The molecule has 0 atom stereocenters. The number of benzene rings is 2. The lowest BCUT2D eigenvalue weighted by Crippen LogP contribution is -2.47. The first-order valence-electron chi connectivity index (χ1n) is 9.87. The zero-order chi connectivity index (χ0) is 22.3. The highest BCUT2D eigenvalue weighted by molar-refractivity contribution is 7.89. The molecule has 0 bridgehead atoms. The molecule has 2 aromatic carbocycles. The molecule has 1 aliphatic rings. The van der Waals surface area contributed by atoms with Crippen molar-refractivity contribution in [2.75, 3.05) is 32.7 Å². The molecule has 1 heterocycles. The molecule has 3 rings (SSSR count). The topological polar surface area (TPSA) is 114 Å². The summed E-state index contributed by atoms with van der Waals surface area (Å²) in [6.07, 6.45) is 2.06.